The van der Waals surface area contributed by atoms with E-state index in [1.54, 1.807) is 30.5 Å². The second kappa shape index (κ2) is 8.27. The molecule has 0 atom stereocenters. The van der Waals surface area contributed by atoms with Crippen LogP contribution in [-0.2, 0) is 16.4 Å². The fraction of sp³-hybridized carbons (Fsp3) is 0.318. The predicted octanol–water partition coefficient (Wildman–Crippen LogP) is 3.12. The van der Waals surface area contributed by atoms with Gasteiger partial charge in [0, 0.05) is 16.1 Å². The van der Waals surface area contributed by atoms with Gasteiger partial charge in [-0.05, 0) is 51.1 Å². The minimum atomic E-state index is -3.32. The molecule has 166 valence electrons. The molecule has 1 aliphatic heterocycles. The highest BCUT2D eigenvalue weighted by Gasteiger charge is 2.31. The molecule has 3 aromatic heterocycles. The van der Waals surface area contributed by atoms with Crippen molar-refractivity contribution in [1.29, 1.82) is 0 Å². The van der Waals surface area contributed by atoms with Crippen LogP contribution in [0.15, 0.2) is 52.3 Å². The number of aryl methyl sites for hydroxylation is 1. The lowest BCUT2D eigenvalue weighted by molar-refractivity contribution is 0.217. The van der Waals surface area contributed by atoms with E-state index < -0.39 is 9.84 Å². The maximum absolute atomic E-state index is 12.9. The van der Waals surface area contributed by atoms with Crippen LogP contribution in [0, 0.1) is 6.92 Å². The summed E-state index contributed by atoms with van der Waals surface area (Å²) in [6.45, 7) is 3.71. The Hall–Kier alpha value is -2.82. The van der Waals surface area contributed by atoms with Crippen molar-refractivity contribution in [3.63, 3.8) is 0 Å². The van der Waals surface area contributed by atoms with Gasteiger partial charge in [-0.3, -0.25) is 14.8 Å². The number of H-pyrrole nitrogens is 2. The predicted molar refractivity (Wildman–Crippen MR) is 124 cm³/mol. The molecule has 8 nitrogen and oxygen atoms in total. The first kappa shape index (κ1) is 21.0. The van der Waals surface area contributed by atoms with Crippen LogP contribution in [0.2, 0.25) is 0 Å². The number of aromatic amines is 2. The van der Waals surface area contributed by atoms with Crippen molar-refractivity contribution in [2.24, 2.45) is 0 Å². The minimum Gasteiger partial charge on any atom is -0.308 e. The molecule has 4 heterocycles. The van der Waals surface area contributed by atoms with Gasteiger partial charge in [0.25, 0.3) is 5.56 Å². The Kier molecular flexibility index (Phi) is 5.44. The van der Waals surface area contributed by atoms with Gasteiger partial charge in [-0.25, -0.2) is 13.4 Å². The molecule has 1 fully saturated rings. The van der Waals surface area contributed by atoms with E-state index in [2.05, 4.69) is 25.1 Å². The molecule has 0 spiro atoms. The number of sulfone groups is 1. The van der Waals surface area contributed by atoms with E-state index >= 15 is 0 Å². The highest BCUT2D eigenvalue weighted by Crippen LogP contribution is 2.32. The summed E-state index contributed by atoms with van der Waals surface area (Å²) in [6, 6.07) is 10.6. The van der Waals surface area contributed by atoms with E-state index in [1.165, 1.54) is 11.3 Å². The van der Waals surface area contributed by atoms with Crippen molar-refractivity contribution in [3.05, 3.63) is 64.5 Å². The number of thiophene rings is 1. The molecular weight excluding hydrogens is 446 g/mol. The van der Waals surface area contributed by atoms with Crippen molar-refractivity contribution in [3.8, 4) is 10.4 Å². The standard InChI is InChI=1S/C22H23N5O3S2/c1-14-17(12-23-26-14)19-11-18-21(31-19)22(28)25-20(24-18)13-27-9-7-16(8-10-27)32(29,30)15-5-3-2-4-6-15/h2-6,11-12,16H,7-10,13H2,1H3,(H,23,26)(H,24,25,28). The maximum atomic E-state index is 12.9. The number of nitrogens with zero attached hydrogens (tertiary/aromatic N) is 3. The first-order chi connectivity index (χ1) is 15.4. The quantitative estimate of drug-likeness (QED) is 0.464. The van der Waals surface area contributed by atoms with Crippen molar-refractivity contribution < 1.29 is 8.42 Å². The van der Waals surface area contributed by atoms with Crippen molar-refractivity contribution >= 4 is 31.4 Å². The average Bonchev–Trinajstić information content (AvgIpc) is 3.41. The fourth-order valence-corrected chi connectivity index (χ4v) is 7.00. The van der Waals surface area contributed by atoms with Gasteiger partial charge in [0.05, 0.1) is 28.4 Å². The molecule has 0 amide bonds. The number of rotatable bonds is 5. The Balaban J connectivity index is 1.30. The molecular formula is C22H23N5O3S2. The molecule has 0 aliphatic carbocycles. The first-order valence-corrected chi connectivity index (χ1v) is 12.8. The van der Waals surface area contributed by atoms with E-state index in [9.17, 15) is 13.2 Å². The van der Waals surface area contributed by atoms with E-state index in [-0.39, 0.29) is 10.8 Å². The number of benzene rings is 1. The third kappa shape index (κ3) is 3.89. The molecule has 32 heavy (non-hydrogen) atoms. The van der Waals surface area contributed by atoms with Gasteiger partial charge in [0.1, 0.15) is 10.5 Å². The van der Waals surface area contributed by atoms with Gasteiger partial charge in [0.2, 0.25) is 0 Å². The number of aromatic nitrogens is 4. The van der Waals surface area contributed by atoms with Crippen molar-refractivity contribution in [2.75, 3.05) is 13.1 Å². The molecule has 1 aromatic carbocycles. The Bertz CT molecular complexity index is 1410. The number of fused-ring (bicyclic) bond motifs is 1. The largest absolute Gasteiger partial charge is 0.308 e. The summed E-state index contributed by atoms with van der Waals surface area (Å²) < 4.78 is 26.4. The lowest BCUT2D eigenvalue weighted by Crippen LogP contribution is -2.39. The van der Waals surface area contributed by atoms with Gasteiger partial charge in [-0.2, -0.15) is 5.10 Å². The van der Waals surface area contributed by atoms with Crippen LogP contribution in [0.25, 0.3) is 20.7 Å². The van der Waals surface area contributed by atoms with Crippen molar-refractivity contribution in [1.82, 2.24) is 25.1 Å². The van der Waals surface area contributed by atoms with Crippen LogP contribution in [0.4, 0.5) is 0 Å². The first-order valence-electron chi connectivity index (χ1n) is 10.5. The summed E-state index contributed by atoms with van der Waals surface area (Å²) >= 11 is 1.40. The molecule has 0 unspecified atom stereocenters. The van der Waals surface area contributed by atoms with E-state index in [0.29, 0.717) is 53.4 Å². The van der Waals surface area contributed by atoms with E-state index in [1.807, 2.05) is 19.1 Å². The number of hydrogen-bond acceptors (Lipinski definition) is 7. The molecule has 1 saturated heterocycles. The van der Waals surface area contributed by atoms with Gasteiger partial charge in [-0.15, -0.1) is 11.3 Å². The molecule has 2 N–H and O–H groups in total. The molecule has 4 aromatic rings. The molecule has 0 radical (unpaired) electrons. The summed E-state index contributed by atoms with van der Waals surface area (Å²) in [5.74, 6) is 0.597. The zero-order valence-electron chi connectivity index (χ0n) is 17.5. The second-order valence-electron chi connectivity index (χ2n) is 8.08. The summed E-state index contributed by atoms with van der Waals surface area (Å²) in [5, 5.41) is 6.59. The topological polar surface area (TPSA) is 112 Å². The maximum Gasteiger partial charge on any atom is 0.268 e. The molecule has 5 rings (SSSR count). The minimum absolute atomic E-state index is 0.149. The Morgan fingerprint density at radius 3 is 2.62 bits per heavy atom. The number of likely N-dealkylation sites (tertiary alicyclic amines) is 1. The summed E-state index contributed by atoms with van der Waals surface area (Å²) in [5.41, 5.74) is 2.44. The molecule has 1 aliphatic rings. The number of hydrogen-bond donors (Lipinski definition) is 2. The summed E-state index contributed by atoms with van der Waals surface area (Å²) in [4.78, 5) is 23.7. The van der Waals surface area contributed by atoms with Crippen LogP contribution >= 0.6 is 11.3 Å². The highest BCUT2D eigenvalue weighted by molar-refractivity contribution is 7.92. The zero-order valence-corrected chi connectivity index (χ0v) is 19.2. The molecule has 0 bridgehead atoms. The lowest BCUT2D eigenvalue weighted by atomic mass is 10.1. The van der Waals surface area contributed by atoms with E-state index in [0.717, 1.165) is 16.1 Å². The average molecular weight is 470 g/mol. The second-order valence-corrected chi connectivity index (χ2v) is 11.4. The summed E-state index contributed by atoms with van der Waals surface area (Å²) in [7, 11) is -3.32. The van der Waals surface area contributed by atoms with Gasteiger partial charge < -0.3 is 4.98 Å². The number of piperidine rings is 1. The normalized spacial score (nSPS) is 16.0. The van der Waals surface area contributed by atoms with Crippen LogP contribution in [-0.4, -0.2) is 51.8 Å². The Labute approximate surface area is 189 Å². The van der Waals surface area contributed by atoms with E-state index in [4.69, 9.17) is 0 Å². The van der Waals surface area contributed by atoms with Crippen LogP contribution < -0.4 is 5.56 Å². The number of nitrogens with one attached hydrogen (secondary N) is 2. The smallest absolute Gasteiger partial charge is 0.268 e. The molecule has 0 saturated carbocycles. The van der Waals surface area contributed by atoms with Crippen molar-refractivity contribution in [2.45, 2.75) is 36.5 Å². The monoisotopic (exact) mass is 469 g/mol. The fourth-order valence-electron chi connectivity index (χ4n) is 4.19. The lowest BCUT2D eigenvalue weighted by Gasteiger charge is -2.31. The summed E-state index contributed by atoms with van der Waals surface area (Å²) in [6.07, 6.45) is 2.88. The SMILES string of the molecule is Cc1[nH]ncc1-c1cc2nc(CN3CCC(S(=O)(=O)c4ccccc4)CC3)[nH]c(=O)c2s1. The third-order valence-corrected chi connectivity index (χ3v) is 9.38. The van der Waals surface area contributed by atoms with Crippen LogP contribution in [0.3, 0.4) is 0 Å². The Morgan fingerprint density at radius 1 is 1.19 bits per heavy atom. The highest BCUT2D eigenvalue weighted by atomic mass is 32.2. The molecule has 10 heteroatoms. The van der Waals surface area contributed by atoms with Crippen LogP contribution in [0.5, 0.6) is 0 Å². The zero-order chi connectivity index (χ0) is 22.3. The van der Waals surface area contributed by atoms with Gasteiger partial charge in [-0.1, -0.05) is 18.2 Å². The van der Waals surface area contributed by atoms with Crippen LogP contribution in [0.1, 0.15) is 24.4 Å². The van der Waals surface area contributed by atoms with Gasteiger partial charge in [0.15, 0.2) is 9.84 Å². The third-order valence-electron chi connectivity index (χ3n) is 5.95. The Morgan fingerprint density at radius 2 is 1.94 bits per heavy atom. The van der Waals surface area contributed by atoms with Gasteiger partial charge >= 0.3 is 0 Å².